The maximum Gasteiger partial charge on any atom is 0.311 e. The number of carbonyl (C=O) groups excluding carboxylic acids is 2. The minimum absolute atomic E-state index is 0.0598. The topological polar surface area (TPSA) is 144 Å². The second-order valence-corrected chi connectivity index (χ2v) is 6.69. The third kappa shape index (κ3) is 3.83. The summed E-state index contributed by atoms with van der Waals surface area (Å²) < 4.78 is 0. The summed E-state index contributed by atoms with van der Waals surface area (Å²) in [6.07, 6.45) is 1.33. The quantitative estimate of drug-likeness (QED) is 0.456. The van der Waals surface area contributed by atoms with Crippen molar-refractivity contribution < 1.29 is 24.5 Å². The molecule has 0 bridgehead atoms. The van der Waals surface area contributed by atoms with Gasteiger partial charge in [-0.25, -0.2) is 0 Å². The zero-order valence-electron chi connectivity index (χ0n) is 14.0. The van der Waals surface area contributed by atoms with Crippen LogP contribution in [0.25, 0.3) is 6.08 Å². The van der Waals surface area contributed by atoms with E-state index in [0.29, 0.717) is 17.3 Å². The summed E-state index contributed by atoms with van der Waals surface area (Å²) >= 11 is 0.680. The minimum Gasteiger partial charge on any atom is -0.502 e. The van der Waals surface area contributed by atoms with Crippen molar-refractivity contribution in [3.8, 4) is 5.75 Å². The molecule has 1 aliphatic rings. The molecule has 11 heteroatoms. The number of thioether (sulfide) groups is 1. The summed E-state index contributed by atoms with van der Waals surface area (Å²) in [5.41, 5.74) is 0.199. The number of amides is 2. The lowest BCUT2D eigenvalue weighted by Gasteiger charge is -2.12. The highest BCUT2D eigenvalue weighted by atomic mass is 32.2. The van der Waals surface area contributed by atoms with Gasteiger partial charge in [-0.05, 0) is 35.0 Å². The first-order valence-electron chi connectivity index (χ1n) is 7.72. The molecule has 0 saturated carbocycles. The number of phenolic OH excluding ortho intramolecular Hbond substituents is 1. The lowest BCUT2D eigenvalue weighted by atomic mass is 10.1. The van der Waals surface area contributed by atoms with Crippen molar-refractivity contribution in [1.29, 1.82) is 0 Å². The number of phenols is 1. The highest BCUT2D eigenvalue weighted by molar-refractivity contribution is 8.18. The van der Waals surface area contributed by atoms with Gasteiger partial charge in [0.2, 0.25) is 0 Å². The van der Waals surface area contributed by atoms with Crippen LogP contribution in [0.5, 0.6) is 5.75 Å². The predicted octanol–water partition coefficient (Wildman–Crippen LogP) is 3.45. The largest absolute Gasteiger partial charge is 0.502 e. The van der Waals surface area contributed by atoms with Crippen LogP contribution in [0.4, 0.5) is 16.2 Å². The molecule has 1 saturated heterocycles. The molecule has 2 aromatic carbocycles. The molecule has 1 fully saturated rings. The van der Waals surface area contributed by atoms with Crippen molar-refractivity contribution in [2.75, 3.05) is 0 Å². The third-order valence-corrected chi connectivity index (χ3v) is 4.76. The first-order chi connectivity index (χ1) is 13.3. The summed E-state index contributed by atoms with van der Waals surface area (Å²) in [4.78, 5) is 46.0. The maximum absolute atomic E-state index is 12.5. The summed E-state index contributed by atoms with van der Waals surface area (Å²) in [6, 6.07) is 9.07. The number of aromatic hydroxyl groups is 1. The van der Waals surface area contributed by atoms with E-state index in [4.69, 9.17) is 0 Å². The third-order valence-electron chi connectivity index (χ3n) is 3.86. The molecule has 3 rings (SSSR count). The second kappa shape index (κ2) is 7.48. The summed E-state index contributed by atoms with van der Waals surface area (Å²) in [7, 11) is 0. The van der Waals surface area contributed by atoms with Gasteiger partial charge in [-0.3, -0.25) is 34.7 Å². The van der Waals surface area contributed by atoms with E-state index in [0.717, 1.165) is 17.0 Å². The number of carbonyl (C=O) groups is 2. The Balaban J connectivity index is 1.81. The molecule has 0 aliphatic carbocycles. The molecule has 0 atom stereocenters. The molecule has 28 heavy (non-hydrogen) atoms. The fourth-order valence-corrected chi connectivity index (χ4v) is 3.31. The van der Waals surface area contributed by atoms with E-state index in [1.165, 1.54) is 36.4 Å². The van der Waals surface area contributed by atoms with Crippen molar-refractivity contribution in [1.82, 2.24) is 4.90 Å². The molecule has 2 amide bonds. The number of nitrogens with zero attached hydrogens (tertiary/aromatic N) is 3. The number of rotatable bonds is 5. The van der Waals surface area contributed by atoms with Crippen LogP contribution in [0.1, 0.15) is 11.1 Å². The minimum atomic E-state index is -0.757. The molecule has 1 aliphatic heterocycles. The highest BCUT2D eigenvalue weighted by Crippen LogP contribution is 2.35. The molecule has 10 nitrogen and oxygen atoms in total. The predicted molar refractivity (Wildman–Crippen MR) is 99.4 cm³/mol. The van der Waals surface area contributed by atoms with Crippen LogP contribution in [0.2, 0.25) is 0 Å². The summed E-state index contributed by atoms with van der Waals surface area (Å²) in [6.45, 7) is -0.0598. The number of nitro groups is 2. The number of hydrogen-bond donors (Lipinski definition) is 1. The van der Waals surface area contributed by atoms with Gasteiger partial charge in [-0.2, -0.15) is 0 Å². The normalized spacial score (nSPS) is 15.3. The average Bonchev–Trinajstić information content (AvgIpc) is 2.91. The van der Waals surface area contributed by atoms with Gasteiger partial charge in [-0.1, -0.05) is 18.2 Å². The molecule has 0 spiro atoms. The van der Waals surface area contributed by atoms with Crippen LogP contribution in [-0.2, 0) is 11.3 Å². The number of imide groups is 1. The highest BCUT2D eigenvalue weighted by Gasteiger charge is 2.35. The SMILES string of the molecule is O=C1S/C(=C/c2ccc(O)c([N+](=O)[O-])c2)C(=O)N1Cc1ccc([N+](=O)[O-])cc1. The van der Waals surface area contributed by atoms with Gasteiger partial charge in [0.1, 0.15) is 0 Å². The van der Waals surface area contributed by atoms with Crippen LogP contribution < -0.4 is 0 Å². The van der Waals surface area contributed by atoms with E-state index >= 15 is 0 Å². The van der Waals surface area contributed by atoms with E-state index in [1.54, 1.807) is 0 Å². The van der Waals surface area contributed by atoms with Gasteiger partial charge in [0.15, 0.2) is 5.75 Å². The van der Waals surface area contributed by atoms with Crippen LogP contribution in [0.3, 0.4) is 0 Å². The first kappa shape index (κ1) is 19.0. The van der Waals surface area contributed by atoms with E-state index in [2.05, 4.69) is 0 Å². The Bertz CT molecular complexity index is 1030. The van der Waals surface area contributed by atoms with Crippen molar-refractivity contribution in [2.45, 2.75) is 6.54 Å². The van der Waals surface area contributed by atoms with Crippen LogP contribution in [-0.4, -0.2) is 31.0 Å². The molecule has 0 unspecified atom stereocenters. The smallest absolute Gasteiger partial charge is 0.311 e. The molecule has 142 valence electrons. The number of non-ortho nitro benzene ring substituents is 1. The standard InChI is InChI=1S/C17H11N3O7S/c21-14-6-3-11(7-13(14)20(26)27)8-15-16(22)18(17(23)28-15)9-10-1-4-12(5-2-10)19(24)25/h1-8,21H,9H2/b15-8+. The summed E-state index contributed by atoms with van der Waals surface area (Å²) in [5, 5.41) is 30.5. The second-order valence-electron chi connectivity index (χ2n) is 5.70. The molecule has 2 aromatic rings. The Hall–Kier alpha value is -3.73. The maximum atomic E-state index is 12.5. The van der Waals surface area contributed by atoms with Crippen molar-refractivity contribution in [2.24, 2.45) is 0 Å². The summed E-state index contributed by atoms with van der Waals surface area (Å²) in [5.74, 6) is -1.09. The molecule has 1 heterocycles. The van der Waals surface area contributed by atoms with Gasteiger partial charge >= 0.3 is 5.69 Å². The van der Waals surface area contributed by atoms with Crippen molar-refractivity contribution in [3.05, 3.63) is 78.7 Å². The van der Waals surface area contributed by atoms with Crippen LogP contribution in [0, 0.1) is 20.2 Å². The molecular weight excluding hydrogens is 390 g/mol. The average molecular weight is 401 g/mol. The molecule has 0 radical (unpaired) electrons. The zero-order chi connectivity index (χ0) is 20.4. The van der Waals surface area contributed by atoms with Gasteiger partial charge < -0.3 is 5.11 Å². The van der Waals surface area contributed by atoms with Crippen LogP contribution >= 0.6 is 11.8 Å². The van der Waals surface area contributed by atoms with Crippen molar-refractivity contribution in [3.63, 3.8) is 0 Å². The zero-order valence-corrected chi connectivity index (χ0v) is 14.8. The van der Waals surface area contributed by atoms with E-state index in [9.17, 15) is 34.9 Å². The number of benzene rings is 2. The van der Waals surface area contributed by atoms with Gasteiger partial charge in [0, 0.05) is 18.2 Å². The Morgan fingerprint density at radius 2 is 1.71 bits per heavy atom. The number of hydrogen-bond acceptors (Lipinski definition) is 8. The Kier molecular flexibility index (Phi) is 5.09. The van der Waals surface area contributed by atoms with Gasteiger partial charge in [0.05, 0.1) is 21.3 Å². The van der Waals surface area contributed by atoms with E-state index in [1.807, 2.05) is 0 Å². The Morgan fingerprint density at radius 3 is 2.32 bits per heavy atom. The molecule has 1 N–H and O–H groups in total. The van der Waals surface area contributed by atoms with Gasteiger partial charge in [-0.15, -0.1) is 0 Å². The van der Waals surface area contributed by atoms with E-state index < -0.39 is 32.4 Å². The fraction of sp³-hybridized carbons (Fsp3) is 0.0588. The van der Waals surface area contributed by atoms with Crippen molar-refractivity contribution >= 4 is 40.4 Å². The monoisotopic (exact) mass is 401 g/mol. The molecular formula is C17H11N3O7S. The first-order valence-corrected chi connectivity index (χ1v) is 8.54. The Morgan fingerprint density at radius 1 is 1.04 bits per heavy atom. The lowest BCUT2D eigenvalue weighted by molar-refractivity contribution is -0.385. The Labute approximate surface area is 161 Å². The number of nitro benzene ring substituents is 2. The van der Waals surface area contributed by atoms with E-state index in [-0.39, 0.29) is 22.7 Å². The lowest BCUT2D eigenvalue weighted by Crippen LogP contribution is -2.27. The van der Waals surface area contributed by atoms with Crippen LogP contribution in [0.15, 0.2) is 47.4 Å². The van der Waals surface area contributed by atoms with Gasteiger partial charge in [0.25, 0.3) is 16.8 Å². The fourth-order valence-electron chi connectivity index (χ4n) is 2.47. The molecule has 0 aromatic heterocycles.